The fourth-order valence-electron chi connectivity index (χ4n) is 3.81. The van der Waals surface area contributed by atoms with E-state index in [4.69, 9.17) is 4.74 Å². The molecule has 0 aliphatic carbocycles. The number of H-pyrrole nitrogens is 1. The quantitative estimate of drug-likeness (QED) is 0.739. The number of hydrogen-bond donors (Lipinski definition) is 2. The van der Waals surface area contributed by atoms with Gasteiger partial charge in [0.05, 0.1) is 13.2 Å². The topological polar surface area (TPSA) is 94.6 Å². The number of aromatic nitrogens is 3. The number of likely N-dealkylation sites (tertiary alicyclic amines) is 1. The molecule has 0 unspecified atom stereocenters. The predicted molar refractivity (Wildman–Crippen MR) is 92.0 cm³/mol. The van der Waals surface area contributed by atoms with Gasteiger partial charge in [-0.3, -0.25) is 14.8 Å². The van der Waals surface area contributed by atoms with Gasteiger partial charge in [0.15, 0.2) is 5.82 Å². The molecule has 2 saturated heterocycles. The van der Waals surface area contributed by atoms with Crippen molar-refractivity contribution in [2.45, 2.75) is 26.2 Å². The van der Waals surface area contributed by atoms with Crippen molar-refractivity contribution >= 4 is 5.91 Å². The van der Waals surface area contributed by atoms with E-state index in [9.17, 15) is 9.90 Å². The number of morpholine rings is 1. The van der Waals surface area contributed by atoms with Crippen LogP contribution in [0.2, 0.25) is 0 Å². The number of rotatable bonds is 6. The average molecular weight is 351 g/mol. The van der Waals surface area contributed by atoms with Crippen LogP contribution in [0, 0.1) is 18.8 Å². The molecule has 2 aliphatic rings. The van der Waals surface area contributed by atoms with Crippen molar-refractivity contribution in [2.75, 3.05) is 52.5 Å². The Hall–Kier alpha value is -1.51. The van der Waals surface area contributed by atoms with Crippen LogP contribution in [-0.4, -0.2) is 88.5 Å². The van der Waals surface area contributed by atoms with E-state index in [1.165, 1.54) is 0 Å². The Morgan fingerprint density at radius 2 is 2.08 bits per heavy atom. The van der Waals surface area contributed by atoms with Crippen molar-refractivity contribution in [3.8, 4) is 0 Å². The average Bonchev–Trinajstić information content (AvgIpc) is 3.05. The zero-order valence-corrected chi connectivity index (χ0v) is 15.0. The first kappa shape index (κ1) is 18.3. The Labute approximate surface area is 148 Å². The highest BCUT2D eigenvalue weighted by Gasteiger charge is 2.31. The van der Waals surface area contributed by atoms with Crippen molar-refractivity contribution in [3.05, 3.63) is 11.6 Å². The summed E-state index contributed by atoms with van der Waals surface area (Å²) >= 11 is 0. The van der Waals surface area contributed by atoms with E-state index >= 15 is 0 Å². The Kier molecular flexibility index (Phi) is 6.39. The number of piperidine rings is 1. The molecule has 1 aromatic heterocycles. The number of aromatic amines is 1. The highest BCUT2D eigenvalue weighted by molar-refractivity contribution is 5.76. The minimum absolute atomic E-state index is 0.132. The smallest absolute Gasteiger partial charge is 0.223 e. The van der Waals surface area contributed by atoms with Crippen LogP contribution < -0.4 is 0 Å². The maximum Gasteiger partial charge on any atom is 0.223 e. The van der Waals surface area contributed by atoms with Gasteiger partial charge in [0.1, 0.15) is 5.82 Å². The lowest BCUT2D eigenvalue weighted by Gasteiger charge is -2.40. The standard InChI is InChI=1S/C17H29N5O3/c1-13-18-16(20-19-13)2-3-17(24)22-10-14(8-15(11-22)12-23)9-21-4-6-25-7-5-21/h14-15,23H,2-12H2,1H3,(H,18,19,20)/t14-,15-/m0/s1. The van der Waals surface area contributed by atoms with Crippen molar-refractivity contribution in [1.29, 1.82) is 0 Å². The van der Waals surface area contributed by atoms with Crippen LogP contribution in [0.3, 0.4) is 0 Å². The minimum atomic E-state index is 0.132. The van der Waals surface area contributed by atoms with Crippen LogP contribution in [0.25, 0.3) is 0 Å². The van der Waals surface area contributed by atoms with Crippen LogP contribution in [0.15, 0.2) is 0 Å². The summed E-state index contributed by atoms with van der Waals surface area (Å²) in [6.45, 7) is 7.89. The lowest BCUT2D eigenvalue weighted by atomic mass is 9.89. The fourth-order valence-corrected chi connectivity index (χ4v) is 3.81. The van der Waals surface area contributed by atoms with Crippen molar-refractivity contribution in [3.63, 3.8) is 0 Å². The summed E-state index contributed by atoms with van der Waals surface area (Å²) in [6.07, 6.45) is 1.95. The molecule has 2 aliphatic heterocycles. The molecule has 8 heteroatoms. The van der Waals surface area contributed by atoms with Crippen LogP contribution in [0.5, 0.6) is 0 Å². The number of aliphatic hydroxyl groups is 1. The van der Waals surface area contributed by atoms with Gasteiger partial charge in [0, 0.05) is 52.2 Å². The second-order valence-electron chi connectivity index (χ2n) is 7.20. The molecule has 3 rings (SSSR count). The van der Waals surface area contributed by atoms with E-state index < -0.39 is 0 Å². The highest BCUT2D eigenvalue weighted by atomic mass is 16.5. The lowest BCUT2D eigenvalue weighted by Crippen LogP contribution is -2.49. The molecular formula is C17H29N5O3. The molecule has 0 saturated carbocycles. The lowest BCUT2D eigenvalue weighted by molar-refractivity contribution is -0.134. The number of amides is 1. The normalized spacial score (nSPS) is 25.3. The van der Waals surface area contributed by atoms with Crippen molar-refractivity contribution < 1.29 is 14.6 Å². The Bertz CT molecular complexity index is 558. The Balaban J connectivity index is 1.52. The van der Waals surface area contributed by atoms with E-state index in [1.807, 2.05) is 11.8 Å². The maximum absolute atomic E-state index is 12.6. The molecule has 0 aromatic carbocycles. The minimum Gasteiger partial charge on any atom is -0.396 e. The predicted octanol–water partition coefficient (Wildman–Crippen LogP) is -0.165. The molecule has 0 bridgehead atoms. The highest BCUT2D eigenvalue weighted by Crippen LogP contribution is 2.23. The molecule has 3 heterocycles. The number of hydrogen-bond acceptors (Lipinski definition) is 6. The fraction of sp³-hybridized carbons (Fsp3) is 0.824. The third-order valence-corrected chi connectivity index (χ3v) is 5.06. The first-order valence-electron chi connectivity index (χ1n) is 9.20. The van der Waals surface area contributed by atoms with Gasteiger partial charge in [0.2, 0.25) is 5.91 Å². The summed E-state index contributed by atoms with van der Waals surface area (Å²) in [5.41, 5.74) is 0. The molecule has 140 valence electrons. The second kappa shape index (κ2) is 8.73. The van der Waals surface area contributed by atoms with E-state index in [-0.39, 0.29) is 18.4 Å². The molecule has 8 nitrogen and oxygen atoms in total. The summed E-state index contributed by atoms with van der Waals surface area (Å²) < 4.78 is 5.41. The summed E-state index contributed by atoms with van der Waals surface area (Å²) in [4.78, 5) is 21.2. The number of carbonyl (C=O) groups excluding carboxylic acids is 1. The second-order valence-corrected chi connectivity index (χ2v) is 7.20. The first-order chi connectivity index (χ1) is 12.1. The molecule has 2 N–H and O–H groups in total. The van der Waals surface area contributed by atoms with Crippen molar-refractivity contribution in [1.82, 2.24) is 25.0 Å². The van der Waals surface area contributed by atoms with Gasteiger partial charge >= 0.3 is 0 Å². The van der Waals surface area contributed by atoms with E-state index in [2.05, 4.69) is 20.1 Å². The molecular weight excluding hydrogens is 322 g/mol. The number of nitrogens with zero attached hydrogens (tertiary/aromatic N) is 4. The molecule has 1 aromatic rings. The Morgan fingerprint density at radius 1 is 1.32 bits per heavy atom. The number of aryl methyl sites for hydroxylation is 2. The molecule has 0 radical (unpaired) electrons. The maximum atomic E-state index is 12.6. The van der Waals surface area contributed by atoms with Gasteiger partial charge in [-0.05, 0) is 25.2 Å². The summed E-state index contributed by atoms with van der Waals surface area (Å²) in [7, 11) is 0. The van der Waals surface area contributed by atoms with E-state index in [0.717, 1.165) is 51.6 Å². The van der Waals surface area contributed by atoms with Gasteiger partial charge < -0.3 is 14.7 Å². The number of aliphatic hydroxyl groups excluding tert-OH is 1. The number of ether oxygens (including phenoxy) is 1. The van der Waals surface area contributed by atoms with Crippen molar-refractivity contribution in [2.24, 2.45) is 11.8 Å². The number of nitrogens with one attached hydrogen (secondary N) is 1. The van der Waals surface area contributed by atoms with Crippen LogP contribution >= 0.6 is 0 Å². The zero-order valence-electron chi connectivity index (χ0n) is 15.0. The van der Waals surface area contributed by atoms with E-state index in [1.54, 1.807) is 0 Å². The molecule has 1 amide bonds. The van der Waals surface area contributed by atoms with E-state index in [0.29, 0.717) is 31.1 Å². The largest absolute Gasteiger partial charge is 0.396 e. The first-order valence-corrected chi connectivity index (χ1v) is 9.20. The van der Waals surface area contributed by atoms with Gasteiger partial charge in [-0.15, -0.1) is 0 Å². The number of carbonyl (C=O) groups is 1. The van der Waals surface area contributed by atoms with Gasteiger partial charge in [-0.1, -0.05) is 0 Å². The van der Waals surface area contributed by atoms with Crippen LogP contribution in [0.4, 0.5) is 0 Å². The monoisotopic (exact) mass is 351 g/mol. The summed E-state index contributed by atoms with van der Waals surface area (Å²) in [5, 5.41) is 16.5. The molecule has 2 fully saturated rings. The third-order valence-electron chi connectivity index (χ3n) is 5.06. The molecule has 0 spiro atoms. The van der Waals surface area contributed by atoms with Crippen LogP contribution in [0.1, 0.15) is 24.5 Å². The SMILES string of the molecule is Cc1nc(CCC(=O)N2C[C@@H](CO)C[C@@H](CN3CCOCC3)C2)n[nH]1. The van der Waals surface area contributed by atoms with Gasteiger partial charge in [-0.2, -0.15) is 5.10 Å². The third kappa shape index (κ3) is 5.23. The van der Waals surface area contributed by atoms with Crippen LogP contribution in [-0.2, 0) is 16.0 Å². The zero-order chi connectivity index (χ0) is 17.6. The van der Waals surface area contributed by atoms with Gasteiger partial charge in [0.25, 0.3) is 0 Å². The van der Waals surface area contributed by atoms with Gasteiger partial charge in [-0.25, -0.2) is 4.98 Å². The molecule has 2 atom stereocenters. The summed E-state index contributed by atoms with van der Waals surface area (Å²) in [6, 6.07) is 0. The Morgan fingerprint density at radius 3 is 2.76 bits per heavy atom. The summed E-state index contributed by atoms with van der Waals surface area (Å²) in [5.74, 6) is 2.18. The molecule has 25 heavy (non-hydrogen) atoms.